The smallest absolute Gasteiger partial charge is 0.260 e. The molecule has 1 atom stereocenters. The molecular formula is C31H54N2O4Si2. The van der Waals surface area contributed by atoms with Crippen molar-refractivity contribution in [2.75, 3.05) is 19.5 Å². The number of rotatable bonds is 11. The molecule has 1 aliphatic carbocycles. The summed E-state index contributed by atoms with van der Waals surface area (Å²) in [5.41, 5.74) is 10.1. The van der Waals surface area contributed by atoms with Crippen molar-refractivity contribution >= 4 is 28.2 Å². The highest BCUT2D eigenvalue weighted by atomic mass is 28.4. The van der Waals surface area contributed by atoms with E-state index in [0.29, 0.717) is 51.9 Å². The number of amides is 1. The average molecular weight is 575 g/mol. The van der Waals surface area contributed by atoms with Gasteiger partial charge in [0.25, 0.3) is 14.2 Å². The van der Waals surface area contributed by atoms with Crippen LogP contribution in [0.15, 0.2) is 23.9 Å². The molecule has 1 aromatic rings. The summed E-state index contributed by atoms with van der Waals surface area (Å²) in [5.74, 6) is 1.70. The van der Waals surface area contributed by atoms with E-state index in [1.807, 2.05) is 11.0 Å². The van der Waals surface area contributed by atoms with Gasteiger partial charge in [-0.2, -0.15) is 0 Å². The summed E-state index contributed by atoms with van der Waals surface area (Å²) in [7, 11) is -2.55. The van der Waals surface area contributed by atoms with Crippen LogP contribution in [0.5, 0.6) is 11.5 Å². The molecule has 39 heavy (non-hydrogen) atoms. The number of nitrogens with two attached hydrogens (primary N) is 1. The highest BCUT2D eigenvalue weighted by molar-refractivity contribution is 6.78. The fourth-order valence-electron chi connectivity index (χ4n) is 6.00. The van der Waals surface area contributed by atoms with Gasteiger partial charge in [-0.1, -0.05) is 62.3 Å². The molecule has 0 spiro atoms. The summed E-state index contributed by atoms with van der Waals surface area (Å²) in [5, 5.41) is 0.112. The first kappa shape index (κ1) is 31.7. The molecule has 0 unspecified atom stereocenters. The Kier molecular flexibility index (Phi) is 9.45. The zero-order valence-electron chi connectivity index (χ0n) is 26.6. The third-order valence-corrected chi connectivity index (χ3v) is 20.0. The fraction of sp³-hybridized carbons (Fsp3) is 0.710. The molecule has 0 bridgehead atoms. The minimum absolute atomic E-state index is 0.0218. The number of benzene rings is 1. The van der Waals surface area contributed by atoms with Crippen molar-refractivity contribution in [3.05, 3.63) is 29.5 Å². The summed E-state index contributed by atoms with van der Waals surface area (Å²) in [6.45, 7) is 25.3. The molecule has 2 N–H and O–H groups in total. The lowest BCUT2D eigenvalue weighted by Crippen LogP contribution is -2.50. The number of carbonyl (C=O) groups excluding carboxylic acids is 1. The number of methoxy groups -OCH3 is 1. The second-order valence-corrected chi connectivity index (χ2v) is 24.3. The van der Waals surface area contributed by atoms with Gasteiger partial charge in [-0.25, -0.2) is 0 Å². The summed E-state index contributed by atoms with van der Waals surface area (Å²) in [4.78, 5) is 15.9. The molecule has 1 fully saturated rings. The largest absolute Gasteiger partial charge is 0.540 e. The molecule has 3 rings (SSSR count). The molecule has 1 aliphatic heterocycles. The SMILES string of the molecule is COc1cc(C(=O)N2C=C(C3CC3)C[C@H]2CO[Si](C)(C)C(C)(C)C)c(N)cc1O[Si](C(C)C)(C(C)C)C(C)C. The standard InChI is InChI=1S/C31H54N2O4Si2/c1-20(2)39(21(3)4,22(5)6)37-29-17-27(32)26(16-28(29)35-10)30(34)33-18-24(23-13-14-23)15-25(33)19-36-38(11,12)31(7,8)9/h16-18,20-23,25H,13-15,19,32H2,1-12H3/t25-/m0/s1. The van der Waals surface area contributed by atoms with Crippen LogP contribution in [0.25, 0.3) is 0 Å². The normalized spacial score (nSPS) is 18.8. The number of nitrogen functional groups attached to an aromatic ring is 1. The van der Waals surface area contributed by atoms with Crippen LogP contribution in [0, 0.1) is 5.92 Å². The van der Waals surface area contributed by atoms with Crippen molar-refractivity contribution in [3.63, 3.8) is 0 Å². The predicted molar refractivity (Wildman–Crippen MR) is 168 cm³/mol. The third kappa shape index (κ3) is 6.43. The van der Waals surface area contributed by atoms with Crippen LogP contribution in [0.1, 0.15) is 91.9 Å². The van der Waals surface area contributed by atoms with E-state index in [4.69, 9.17) is 19.3 Å². The third-order valence-electron chi connectivity index (χ3n) is 9.51. The quantitative estimate of drug-likeness (QED) is 0.212. The Labute approximate surface area is 239 Å². The van der Waals surface area contributed by atoms with E-state index in [9.17, 15) is 4.79 Å². The van der Waals surface area contributed by atoms with Gasteiger partial charge in [-0.05, 0) is 71.6 Å². The molecule has 1 saturated carbocycles. The van der Waals surface area contributed by atoms with E-state index in [-0.39, 0.29) is 17.0 Å². The van der Waals surface area contributed by atoms with Crippen LogP contribution in [-0.2, 0) is 4.43 Å². The molecule has 0 radical (unpaired) electrons. The Hall–Kier alpha value is -1.78. The van der Waals surface area contributed by atoms with Gasteiger partial charge in [0.2, 0.25) is 0 Å². The van der Waals surface area contributed by atoms with E-state index in [2.05, 4.69) is 81.6 Å². The number of anilines is 1. The van der Waals surface area contributed by atoms with Gasteiger partial charge in [0.1, 0.15) is 5.75 Å². The predicted octanol–water partition coefficient (Wildman–Crippen LogP) is 8.36. The first-order valence-corrected chi connectivity index (χ1v) is 19.8. The maximum absolute atomic E-state index is 14.0. The lowest BCUT2D eigenvalue weighted by molar-refractivity contribution is 0.0738. The fourth-order valence-corrected chi connectivity index (χ4v) is 12.3. The van der Waals surface area contributed by atoms with Gasteiger partial charge in [0, 0.05) is 18.0 Å². The van der Waals surface area contributed by atoms with Crippen LogP contribution in [-0.4, -0.2) is 47.2 Å². The highest BCUT2D eigenvalue weighted by Gasteiger charge is 2.48. The molecule has 0 saturated heterocycles. The maximum atomic E-state index is 14.0. The van der Waals surface area contributed by atoms with Gasteiger partial charge < -0.3 is 24.2 Å². The molecule has 8 heteroatoms. The van der Waals surface area contributed by atoms with Crippen LogP contribution in [0.3, 0.4) is 0 Å². The van der Waals surface area contributed by atoms with Crippen LogP contribution in [0.4, 0.5) is 5.69 Å². The van der Waals surface area contributed by atoms with Gasteiger partial charge in [0.15, 0.2) is 14.1 Å². The van der Waals surface area contributed by atoms with E-state index in [1.54, 1.807) is 13.2 Å². The lowest BCUT2D eigenvalue weighted by Gasteiger charge is -2.42. The minimum Gasteiger partial charge on any atom is -0.540 e. The van der Waals surface area contributed by atoms with Crippen molar-refractivity contribution in [1.82, 2.24) is 4.90 Å². The van der Waals surface area contributed by atoms with Gasteiger partial charge in [-0.15, -0.1) is 0 Å². The van der Waals surface area contributed by atoms with Crippen LogP contribution < -0.4 is 14.9 Å². The van der Waals surface area contributed by atoms with Crippen molar-refractivity contribution < 1.29 is 18.4 Å². The molecule has 1 heterocycles. The summed E-state index contributed by atoms with van der Waals surface area (Å²) < 4.78 is 19.3. The Bertz CT molecular complexity index is 1050. The number of nitrogens with zero attached hydrogens (tertiary/aromatic N) is 1. The Morgan fingerprint density at radius 2 is 1.59 bits per heavy atom. The van der Waals surface area contributed by atoms with E-state index in [0.717, 1.165) is 6.42 Å². The number of carbonyl (C=O) groups is 1. The Morgan fingerprint density at radius 3 is 2.05 bits per heavy atom. The van der Waals surface area contributed by atoms with Crippen LogP contribution >= 0.6 is 0 Å². The molecule has 6 nitrogen and oxygen atoms in total. The zero-order chi connectivity index (χ0) is 29.5. The monoisotopic (exact) mass is 574 g/mol. The minimum atomic E-state index is -2.23. The zero-order valence-corrected chi connectivity index (χ0v) is 28.6. The van der Waals surface area contributed by atoms with Crippen LogP contribution in [0.2, 0.25) is 34.8 Å². The van der Waals surface area contributed by atoms with Crippen molar-refractivity contribution in [2.45, 2.75) is 122 Å². The molecule has 1 amide bonds. The van der Waals surface area contributed by atoms with Gasteiger partial charge >= 0.3 is 0 Å². The molecular weight excluding hydrogens is 521 g/mol. The van der Waals surface area contributed by atoms with E-state index in [1.165, 1.54) is 18.4 Å². The second-order valence-electron chi connectivity index (χ2n) is 14.1. The van der Waals surface area contributed by atoms with Crippen molar-refractivity contribution in [1.29, 1.82) is 0 Å². The first-order valence-electron chi connectivity index (χ1n) is 14.8. The van der Waals surface area contributed by atoms with E-state index >= 15 is 0 Å². The number of ether oxygens (including phenoxy) is 1. The molecule has 0 aromatic heterocycles. The molecule has 2 aliphatic rings. The maximum Gasteiger partial charge on any atom is 0.260 e. The molecule has 1 aromatic carbocycles. The highest BCUT2D eigenvalue weighted by Crippen LogP contribution is 2.47. The topological polar surface area (TPSA) is 74.0 Å². The first-order chi connectivity index (χ1) is 18.0. The van der Waals surface area contributed by atoms with Crippen molar-refractivity contribution in [3.8, 4) is 11.5 Å². The Balaban J connectivity index is 1.94. The number of hydrogen-bond acceptors (Lipinski definition) is 5. The Morgan fingerprint density at radius 1 is 1.03 bits per heavy atom. The second kappa shape index (κ2) is 11.6. The number of hydrogen-bond donors (Lipinski definition) is 1. The summed E-state index contributed by atoms with van der Waals surface area (Å²) >= 11 is 0. The average Bonchev–Trinajstić information content (AvgIpc) is 3.58. The molecule has 220 valence electrons. The van der Waals surface area contributed by atoms with E-state index < -0.39 is 16.6 Å². The lowest BCUT2D eigenvalue weighted by atomic mass is 10.1. The van der Waals surface area contributed by atoms with Gasteiger partial charge in [-0.3, -0.25) is 4.79 Å². The summed E-state index contributed by atoms with van der Waals surface area (Å²) in [6, 6.07) is 3.57. The van der Waals surface area contributed by atoms with Gasteiger partial charge in [0.05, 0.1) is 25.3 Å². The summed E-state index contributed by atoms with van der Waals surface area (Å²) in [6.07, 6.45) is 5.36. The van der Waals surface area contributed by atoms with Crippen molar-refractivity contribution in [2.24, 2.45) is 5.92 Å².